The lowest BCUT2D eigenvalue weighted by Crippen LogP contribution is -2.04. The summed E-state index contributed by atoms with van der Waals surface area (Å²) in [6.45, 7) is -0.456. The molecule has 144 valence electrons. The van der Waals surface area contributed by atoms with E-state index in [-0.39, 0.29) is 20.0 Å². The lowest BCUT2D eigenvalue weighted by molar-refractivity contribution is 0.174. The second-order valence-electron chi connectivity index (χ2n) is 5.78. The van der Waals surface area contributed by atoms with Crippen LogP contribution in [0.1, 0.15) is 11.1 Å². The Balaban J connectivity index is 2.22. The van der Waals surface area contributed by atoms with Crippen LogP contribution in [0.3, 0.4) is 0 Å². The van der Waals surface area contributed by atoms with Crippen molar-refractivity contribution in [1.29, 1.82) is 0 Å². The number of hydrogen-bond acceptors (Lipinski definition) is 7. The molecule has 0 unspecified atom stereocenters. The maximum Gasteiger partial charge on any atom is 0.231 e. The zero-order valence-corrected chi connectivity index (χ0v) is 15.4. The van der Waals surface area contributed by atoms with Crippen LogP contribution in [0.25, 0.3) is 5.57 Å². The van der Waals surface area contributed by atoms with Gasteiger partial charge in [-0.15, -0.1) is 0 Å². The molecule has 1 aliphatic rings. The van der Waals surface area contributed by atoms with Crippen LogP contribution in [0.5, 0.6) is 28.7 Å². The summed E-state index contributed by atoms with van der Waals surface area (Å²) in [7, 11) is 4.59. The van der Waals surface area contributed by atoms with E-state index in [2.05, 4.69) is 0 Å². The molecule has 7 heteroatoms. The fourth-order valence-corrected chi connectivity index (χ4v) is 3.06. The minimum absolute atomic E-state index is 0.162. The fraction of sp³-hybridized carbons (Fsp3) is 0.300. The first-order chi connectivity index (χ1) is 13.2. The first-order valence-electron chi connectivity index (χ1n) is 8.31. The molecule has 2 aromatic rings. The molecule has 2 N–H and O–H groups in total. The van der Waals surface area contributed by atoms with E-state index in [1.165, 1.54) is 21.3 Å². The monoisotopic (exact) mass is 374 g/mol. The van der Waals surface area contributed by atoms with Gasteiger partial charge in [0.1, 0.15) is 0 Å². The van der Waals surface area contributed by atoms with Gasteiger partial charge in [-0.2, -0.15) is 0 Å². The lowest BCUT2D eigenvalue weighted by atomic mass is 9.92. The number of methoxy groups -OCH3 is 3. The molecule has 3 rings (SSSR count). The van der Waals surface area contributed by atoms with E-state index >= 15 is 0 Å². The maximum atomic E-state index is 9.81. The van der Waals surface area contributed by atoms with Crippen molar-refractivity contribution in [2.75, 3.05) is 41.3 Å². The van der Waals surface area contributed by atoms with Crippen LogP contribution in [-0.2, 0) is 0 Å². The molecule has 27 heavy (non-hydrogen) atoms. The molecular formula is C20H22O7. The van der Waals surface area contributed by atoms with Crippen molar-refractivity contribution < 1.29 is 33.9 Å². The zero-order chi connectivity index (χ0) is 19.4. The van der Waals surface area contributed by atoms with E-state index in [1.807, 2.05) is 12.1 Å². The summed E-state index contributed by atoms with van der Waals surface area (Å²) < 4.78 is 27.1. The van der Waals surface area contributed by atoms with Gasteiger partial charge in [0.25, 0.3) is 0 Å². The van der Waals surface area contributed by atoms with Gasteiger partial charge >= 0.3 is 0 Å². The zero-order valence-electron chi connectivity index (χ0n) is 15.4. The van der Waals surface area contributed by atoms with Crippen LogP contribution in [0.15, 0.2) is 35.9 Å². The summed E-state index contributed by atoms with van der Waals surface area (Å²) in [5.74, 6) is 2.66. The lowest BCUT2D eigenvalue weighted by Gasteiger charge is -2.18. The van der Waals surface area contributed by atoms with Crippen molar-refractivity contribution in [2.45, 2.75) is 0 Å². The molecule has 0 bridgehead atoms. The number of benzene rings is 2. The molecule has 0 radical (unpaired) electrons. The van der Waals surface area contributed by atoms with Gasteiger partial charge in [-0.1, -0.05) is 6.07 Å². The first-order valence-corrected chi connectivity index (χ1v) is 8.31. The van der Waals surface area contributed by atoms with E-state index in [1.54, 1.807) is 18.2 Å². The van der Waals surface area contributed by atoms with E-state index < -0.39 is 0 Å². The Labute approximate surface area is 157 Å². The third kappa shape index (κ3) is 3.51. The van der Waals surface area contributed by atoms with Crippen molar-refractivity contribution in [1.82, 2.24) is 0 Å². The molecule has 0 aromatic heterocycles. The Morgan fingerprint density at radius 2 is 1.48 bits per heavy atom. The normalized spacial score (nSPS) is 11.9. The van der Waals surface area contributed by atoms with Gasteiger partial charge in [-0.3, -0.25) is 0 Å². The van der Waals surface area contributed by atoms with Gasteiger partial charge in [0, 0.05) is 0 Å². The molecule has 7 nitrogen and oxygen atoms in total. The van der Waals surface area contributed by atoms with Gasteiger partial charge in [0.05, 0.1) is 34.5 Å². The van der Waals surface area contributed by atoms with Gasteiger partial charge in [-0.25, -0.2) is 0 Å². The summed E-state index contributed by atoms with van der Waals surface area (Å²) in [6, 6.07) is 8.99. The Morgan fingerprint density at radius 1 is 0.852 bits per heavy atom. The largest absolute Gasteiger partial charge is 0.493 e. The standard InChI is InChI=1S/C20H22O7/c1-23-17-7-13(8-18(24-2)20(17)25-3)19(14(9-21)10-22)12-4-5-15-16(6-12)27-11-26-15/h4-8,21-22H,9-11H2,1-3H3. The van der Waals surface area contributed by atoms with Crippen molar-refractivity contribution in [3.05, 3.63) is 47.0 Å². The van der Waals surface area contributed by atoms with E-state index in [0.29, 0.717) is 45.5 Å². The molecule has 0 aliphatic carbocycles. The predicted octanol–water partition coefficient (Wildman–Crippen LogP) is 2.23. The molecule has 1 heterocycles. The van der Waals surface area contributed by atoms with Crippen LogP contribution < -0.4 is 23.7 Å². The molecule has 0 atom stereocenters. The Hall–Kier alpha value is -2.90. The second-order valence-corrected chi connectivity index (χ2v) is 5.78. The number of aliphatic hydroxyl groups is 2. The molecular weight excluding hydrogens is 352 g/mol. The van der Waals surface area contributed by atoms with E-state index in [0.717, 1.165) is 5.56 Å². The van der Waals surface area contributed by atoms with Crippen LogP contribution >= 0.6 is 0 Å². The Morgan fingerprint density at radius 3 is 2.04 bits per heavy atom. The van der Waals surface area contributed by atoms with Gasteiger partial charge in [0.15, 0.2) is 23.0 Å². The summed E-state index contributed by atoms with van der Waals surface area (Å²) in [4.78, 5) is 0. The highest BCUT2D eigenvalue weighted by molar-refractivity contribution is 5.85. The number of ether oxygens (including phenoxy) is 5. The predicted molar refractivity (Wildman–Crippen MR) is 98.9 cm³/mol. The summed E-state index contributed by atoms with van der Waals surface area (Å²) in [5, 5.41) is 19.6. The Kier molecular flexibility index (Phi) is 5.73. The Bertz CT molecular complexity index is 826. The SMILES string of the molecule is COc1cc(C(=C(CO)CO)c2ccc3c(c2)OCO3)cc(OC)c1OC. The topological polar surface area (TPSA) is 86.6 Å². The number of hydrogen-bond donors (Lipinski definition) is 2. The summed E-state index contributed by atoms with van der Waals surface area (Å²) >= 11 is 0. The number of fused-ring (bicyclic) bond motifs is 1. The van der Waals surface area contributed by atoms with Crippen LogP contribution in [0.2, 0.25) is 0 Å². The molecule has 1 aliphatic heterocycles. The summed E-state index contributed by atoms with van der Waals surface area (Å²) in [6.07, 6.45) is 0. The molecule has 0 saturated carbocycles. The molecule has 0 spiro atoms. The minimum Gasteiger partial charge on any atom is -0.493 e. The van der Waals surface area contributed by atoms with Gasteiger partial charge in [0.2, 0.25) is 12.5 Å². The molecule has 0 amide bonds. The minimum atomic E-state index is -0.309. The summed E-state index contributed by atoms with van der Waals surface area (Å²) in [5.41, 5.74) is 2.55. The van der Waals surface area contributed by atoms with Crippen LogP contribution in [-0.4, -0.2) is 51.5 Å². The smallest absolute Gasteiger partial charge is 0.231 e. The first kappa shape index (κ1) is 18.9. The highest BCUT2D eigenvalue weighted by Gasteiger charge is 2.21. The van der Waals surface area contributed by atoms with Crippen molar-refractivity contribution in [3.63, 3.8) is 0 Å². The van der Waals surface area contributed by atoms with Crippen LogP contribution in [0, 0.1) is 0 Å². The molecule has 0 fully saturated rings. The average Bonchev–Trinajstić information content (AvgIpc) is 3.18. The molecule has 2 aromatic carbocycles. The highest BCUT2D eigenvalue weighted by Crippen LogP contribution is 2.43. The maximum absolute atomic E-state index is 9.81. The number of aliphatic hydroxyl groups excluding tert-OH is 2. The van der Waals surface area contributed by atoms with Crippen molar-refractivity contribution in [2.24, 2.45) is 0 Å². The average molecular weight is 374 g/mol. The van der Waals surface area contributed by atoms with Crippen molar-refractivity contribution >= 4 is 5.57 Å². The highest BCUT2D eigenvalue weighted by atomic mass is 16.7. The van der Waals surface area contributed by atoms with E-state index in [9.17, 15) is 10.2 Å². The molecule has 0 saturated heterocycles. The third-order valence-corrected chi connectivity index (χ3v) is 4.35. The van der Waals surface area contributed by atoms with Gasteiger partial charge < -0.3 is 33.9 Å². The quantitative estimate of drug-likeness (QED) is 0.768. The number of rotatable bonds is 7. The van der Waals surface area contributed by atoms with Crippen LogP contribution in [0.4, 0.5) is 0 Å². The van der Waals surface area contributed by atoms with Gasteiger partial charge in [-0.05, 0) is 46.5 Å². The van der Waals surface area contributed by atoms with Crippen molar-refractivity contribution in [3.8, 4) is 28.7 Å². The third-order valence-electron chi connectivity index (χ3n) is 4.35. The van der Waals surface area contributed by atoms with E-state index in [4.69, 9.17) is 23.7 Å². The fourth-order valence-electron chi connectivity index (χ4n) is 3.06. The second kappa shape index (κ2) is 8.20.